The molecule has 1 aromatic carbocycles. The first-order valence-electron chi connectivity index (χ1n) is 10.1. The Hall–Kier alpha value is -2.58. The van der Waals surface area contributed by atoms with Crippen LogP contribution in [0.5, 0.6) is 0 Å². The van der Waals surface area contributed by atoms with Gasteiger partial charge in [-0.2, -0.15) is 0 Å². The first kappa shape index (κ1) is 20.7. The summed E-state index contributed by atoms with van der Waals surface area (Å²) in [5, 5.41) is 25.1. The molecule has 2 aromatic heterocycles. The molecule has 1 N–H and O–H groups in total. The molecule has 1 aliphatic rings. The average molecular weight is 409 g/mol. The van der Waals surface area contributed by atoms with Gasteiger partial charge in [-0.05, 0) is 44.5 Å². The van der Waals surface area contributed by atoms with Crippen LogP contribution in [0.3, 0.4) is 0 Å². The number of hydroxylamine groups is 2. The summed E-state index contributed by atoms with van der Waals surface area (Å²) in [6.07, 6.45) is 5.06. The molecule has 2 atom stereocenters. The molecule has 158 valence electrons. The van der Waals surface area contributed by atoms with Crippen LogP contribution in [0.25, 0.3) is 22.0 Å². The summed E-state index contributed by atoms with van der Waals surface area (Å²) in [5.74, 6) is 0. The minimum atomic E-state index is -0.983. The van der Waals surface area contributed by atoms with Crippen LogP contribution in [-0.2, 0) is 10.3 Å². The lowest BCUT2D eigenvalue weighted by molar-refractivity contribution is 0.0783. The van der Waals surface area contributed by atoms with Gasteiger partial charge in [-0.3, -0.25) is 9.97 Å². The summed E-state index contributed by atoms with van der Waals surface area (Å²) in [6.45, 7) is 6.04. The second-order valence-corrected chi connectivity index (χ2v) is 8.70. The molecule has 3 aromatic rings. The molecule has 1 aliphatic heterocycles. The lowest BCUT2D eigenvalue weighted by Crippen LogP contribution is -2.49. The van der Waals surface area contributed by atoms with Crippen molar-refractivity contribution < 1.29 is 9.84 Å². The van der Waals surface area contributed by atoms with Crippen LogP contribution >= 0.6 is 0 Å². The largest absolute Gasteiger partial charge is 0.626 e. The van der Waals surface area contributed by atoms with Crippen molar-refractivity contribution in [3.8, 4) is 11.1 Å². The van der Waals surface area contributed by atoms with Gasteiger partial charge in [0.1, 0.15) is 18.3 Å². The average Bonchev–Trinajstić information content (AvgIpc) is 2.97. The van der Waals surface area contributed by atoms with E-state index in [9.17, 15) is 10.3 Å². The highest BCUT2D eigenvalue weighted by Gasteiger charge is 2.38. The molecular formula is C23H28N4O3. The molecule has 1 unspecified atom stereocenters. The van der Waals surface area contributed by atoms with E-state index in [-0.39, 0.29) is 6.10 Å². The molecule has 4 rings (SSSR count). The number of rotatable bonds is 5. The Labute approximate surface area is 176 Å². The molecule has 0 bridgehead atoms. The van der Waals surface area contributed by atoms with E-state index in [0.29, 0.717) is 13.2 Å². The van der Waals surface area contributed by atoms with Crippen molar-refractivity contribution in [3.05, 3.63) is 53.6 Å². The highest BCUT2D eigenvalue weighted by atomic mass is 16.6. The molecule has 0 saturated carbocycles. The van der Waals surface area contributed by atoms with Gasteiger partial charge in [0.05, 0.1) is 22.7 Å². The number of ether oxygens (including phenoxy) is 1. The Balaban J connectivity index is 1.88. The van der Waals surface area contributed by atoms with Crippen LogP contribution in [0.15, 0.2) is 42.9 Å². The topological polar surface area (TPSA) is 81.5 Å². The first-order valence-corrected chi connectivity index (χ1v) is 10.1. The van der Waals surface area contributed by atoms with Crippen molar-refractivity contribution in [2.75, 3.05) is 32.3 Å². The predicted octanol–water partition coefficient (Wildman–Crippen LogP) is 3.77. The van der Waals surface area contributed by atoms with Crippen LogP contribution < -0.4 is 9.55 Å². The van der Waals surface area contributed by atoms with Gasteiger partial charge in [0, 0.05) is 37.7 Å². The first-order chi connectivity index (χ1) is 14.1. The van der Waals surface area contributed by atoms with Gasteiger partial charge in [-0.1, -0.05) is 6.07 Å². The summed E-state index contributed by atoms with van der Waals surface area (Å²) < 4.78 is 4.92. The third-order valence-electron chi connectivity index (χ3n) is 5.81. The van der Waals surface area contributed by atoms with Crippen molar-refractivity contribution in [3.63, 3.8) is 0 Å². The number of anilines is 1. The van der Waals surface area contributed by atoms with Gasteiger partial charge < -0.3 is 24.6 Å². The van der Waals surface area contributed by atoms with E-state index >= 15 is 0 Å². The molecule has 7 heteroatoms. The second kappa shape index (κ2) is 7.28. The number of benzene rings is 1. The van der Waals surface area contributed by atoms with Gasteiger partial charge in [0.2, 0.25) is 0 Å². The molecule has 0 fully saturated rings. The van der Waals surface area contributed by atoms with Crippen molar-refractivity contribution in [2.24, 2.45) is 0 Å². The molecule has 0 amide bonds. The summed E-state index contributed by atoms with van der Waals surface area (Å²) in [4.78, 5) is 10.8. The maximum absolute atomic E-state index is 13.9. The normalized spacial score (nSPS) is 19.9. The Kier molecular flexibility index (Phi) is 5.02. The maximum Gasteiger partial charge on any atom is 0.169 e. The molecule has 7 nitrogen and oxygen atoms in total. The summed E-state index contributed by atoms with van der Waals surface area (Å²) in [6, 6.07) is 7.85. The Bertz CT molecular complexity index is 1100. The van der Waals surface area contributed by atoms with Crippen LogP contribution in [0.2, 0.25) is 0 Å². The number of aromatic nitrogens is 2. The number of nitrogens with zero attached hydrogens (tertiary/aromatic N) is 4. The number of quaternary nitrogens is 1. The van der Waals surface area contributed by atoms with E-state index in [2.05, 4.69) is 9.97 Å². The van der Waals surface area contributed by atoms with Crippen LogP contribution in [0, 0.1) is 5.21 Å². The predicted molar refractivity (Wildman–Crippen MR) is 120 cm³/mol. The van der Waals surface area contributed by atoms with Gasteiger partial charge in [0.25, 0.3) is 0 Å². The highest BCUT2D eigenvalue weighted by Crippen LogP contribution is 2.45. The summed E-state index contributed by atoms with van der Waals surface area (Å²) in [5.41, 5.74) is 3.91. The number of hydrogen-bond donors (Lipinski definition) is 1. The second-order valence-electron chi connectivity index (χ2n) is 8.70. The lowest BCUT2D eigenvalue weighted by Gasteiger charge is -2.40. The van der Waals surface area contributed by atoms with E-state index in [0.717, 1.165) is 39.0 Å². The fourth-order valence-electron chi connectivity index (χ4n) is 4.12. The van der Waals surface area contributed by atoms with E-state index in [4.69, 9.17) is 4.74 Å². The maximum atomic E-state index is 13.9. The Morgan fingerprint density at radius 3 is 2.70 bits per heavy atom. The van der Waals surface area contributed by atoms with Gasteiger partial charge in [-0.25, -0.2) is 0 Å². The SMILES string of the molecule is CO[C@@H](C)C[N+]1([O-])CN(C)c2cnc3ccc(-c4cncc(C(C)(C)O)c4)cc3c21. The van der Waals surface area contributed by atoms with Crippen LogP contribution in [0.1, 0.15) is 26.3 Å². The Morgan fingerprint density at radius 2 is 2.00 bits per heavy atom. The summed E-state index contributed by atoms with van der Waals surface area (Å²) in [7, 11) is 3.55. The smallest absolute Gasteiger partial charge is 0.169 e. The highest BCUT2D eigenvalue weighted by molar-refractivity contribution is 6.01. The number of pyridine rings is 2. The van der Waals surface area contributed by atoms with Crippen LogP contribution in [0.4, 0.5) is 11.4 Å². The van der Waals surface area contributed by atoms with E-state index in [1.807, 2.05) is 43.1 Å². The lowest BCUT2D eigenvalue weighted by atomic mass is 9.96. The van der Waals surface area contributed by atoms with Crippen molar-refractivity contribution in [1.29, 1.82) is 0 Å². The van der Waals surface area contributed by atoms with Gasteiger partial charge in [0.15, 0.2) is 12.4 Å². The monoisotopic (exact) mass is 408 g/mol. The van der Waals surface area contributed by atoms with Crippen molar-refractivity contribution in [1.82, 2.24) is 14.6 Å². The quantitative estimate of drug-likeness (QED) is 0.511. The Morgan fingerprint density at radius 1 is 1.23 bits per heavy atom. The molecule has 0 radical (unpaired) electrons. The van der Waals surface area contributed by atoms with E-state index in [1.54, 1.807) is 39.5 Å². The number of aliphatic hydroxyl groups is 1. The fraction of sp³-hybridized carbons (Fsp3) is 0.391. The summed E-state index contributed by atoms with van der Waals surface area (Å²) >= 11 is 0. The van der Waals surface area contributed by atoms with Crippen LogP contribution in [-0.4, -0.2) is 48.5 Å². The van der Waals surface area contributed by atoms with Gasteiger partial charge in [-0.15, -0.1) is 0 Å². The van der Waals surface area contributed by atoms with Crippen molar-refractivity contribution in [2.45, 2.75) is 32.5 Å². The minimum Gasteiger partial charge on any atom is -0.626 e. The molecule has 3 heterocycles. The third-order valence-corrected chi connectivity index (χ3v) is 5.81. The van der Waals surface area contributed by atoms with Crippen molar-refractivity contribution >= 4 is 22.3 Å². The van der Waals surface area contributed by atoms with E-state index < -0.39 is 10.2 Å². The zero-order valence-corrected chi connectivity index (χ0v) is 18.1. The van der Waals surface area contributed by atoms with E-state index in [1.165, 1.54) is 0 Å². The number of hydrogen-bond acceptors (Lipinski definition) is 6. The molecule has 0 aliphatic carbocycles. The third kappa shape index (κ3) is 3.54. The minimum absolute atomic E-state index is 0.166. The molecular weight excluding hydrogens is 380 g/mol. The molecule has 0 spiro atoms. The number of methoxy groups -OCH3 is 1. The number of fused-ring (bicyclic) bond motifs is 3. The zero-order chi connectivity index (χ0) is 21.7. The fourth-order valence-corrected chi connectivity index (χ4v) is 4.12. The molecule has 30 heavy (non-hydrogen) atoms. The zero-order valence-electron chi connectivity index (χ0n) is 18.1. The van der Waals surface area contributed by atoms with Gasteiger partial charge >= 0.3 is 0 Å². The molecule has 0 saturated heterocycles. The standard InChI is InChI=1S/C23H28N4O3/c1-15(30-5)13-27(29)14-26(4)21-12-25-20-7-6-16(9-19(20)22(21)27)17-8-18(11-24-10-17)23(2,3)28/h6-12,15,28H,13-14H2,1-5H3/t15-,27?/m0/s1.